The van der Waals surface area contributed by atoms with E-state index in [1.165, 1.54) is 25.1 Å². The highest BCUT2D eigenvalue weighted by Gasteiger charge is 2.14. The fourth-order valence-electron chi connectivity index (χ4n) is 1.92. The standard InChI is InChI=1S/C17H15ClN2O5/c1-10(21)19-12-3-5-13(6-4-12)20-16(23)9-25-17(24)14-7-2-11(18)8-15(14)22/h2-8,22H,9H2,1H3,(H,19,21)(H,20,23). The second-order valence-corrected chi connectivity index (χ2v) is 5.48. The van der Waals surface area contributed by atoms with Gasteiger partial charge in [-0.15, -0.1) is 0 Å². The van der Waals surface area contributed by atoms with E-state index in [2.05, 4.69) is 10.6 Å². The number of benzene rings is 2. The van der Waals surface area contributed by atoms with Crippen LogP contribution in [0.4, 0.5) is 11.4 Å². The van der Waals surface area contributed by atoms with E-state index in [0.29, 0.717) is 11.4 Å². The minimum Gasteiger partial charge on any atom is -0.507 e. The van der Waals surface area contributed by atoms with Gasteiger partial charge in [-0.3, -0.25) is 9.59 Å². The number of esters is 1. The van der Waals surface area contributed by atoms with E-state index in [-0.39, 0.29) is 22.2 Å². The van der Waals surface area contributed by atoms with Gasteiger partial charge in [-0.2, -0.15) is 0 Å². The second kappa shape index (κ2) is 8.16. The molecule has 0 aromatic heterocycles. The van der Waals surface area contributed by atoms with Gasteiger partial charge in [-0.25, -0.2) is 4.79 Å². The zero-order valence-electron chi connectivity index (χ0n) is 13.2. The predicted molar refractivity (Wildman–Crippen MR) is 92.8 cm³/mol. The van der Waals surface area contributed by atoms with Gasteiger partial charge in [0.15, 0.2) is 6.61 Å². The van der Waals surface area contributed by atoms with Crippen molar-refractivity contribution in [1.82, 2.24) is 0 Å². The maximum absolute atomic E-state index is 11.8. The summed E-state index contributed by atoms with van der Waals surface area (Å²) in [4.78, 5) is 34.6. The van der Waals surface area contributed by atoms with Gasteiger partial charge >= 0.3 is 5.97 Å². The lowest BCUT2D eigenvalue weighted by molar-refractivity contribution is -0.119. The van der Waals surface area contributed by atoms with Gasteiger partial charge in [0.1, 0.15) is 11.3 Å². The Morgan fingerprint density at radius 2 is 1.64 bits per heavy atom. The lowest BCUT2D eigenvalue weighted by atomic mass is 10.2. The number of ether oxygens (including phenoxy) is 1. The molecular formula is C17H15ClN2O5. The Hall–Kier alpha value is -3.06. The number of hydrogen-bond acceptors (Lipinski definition) is 5. The Morgan fingerprint density at radius 3 is 2.20 bits per heavy atom. The van der Waals surface area contributed by atoms with Crippen LogP contribution in [0.2, 0.25) is 5.02 Å². The fraction of sp³-hybridized carbons (Fsp3) is 0.118. The van der Waals surface area contributed by atoms with E-state index >= 15 is 0 Å². The minimum absolute atomic E-state index is 0.0862. The summed E-state index contributed by atoms with van der Waals surface area (Å²) in [5, 5.41) is 15.0. The van der Waals surface area contributed by atoms with Gasteiger partial charge in [-0.1, -0.05) is 11.6 Å². The third-order valence-corrected chi connectivity index (χ3v) is 3.24. The van der Waals surface area contributed by atoms with Gasteiger partial charge in [0.05, 0.1) is 0 Å². The third kappa shape index (κ3) is 5.50. The van der Waals surface area contributed by atoms with Gasteiger partial charge in [0, 0.05) is 23.3 Å². The number of phenols is 1. The highest BCUT2D eigenvalue weighted by atomic mass is 35.5. The molecule has 0 fully saturated rings. The molecule has 0 atom stereocenters. The van der Waals surface area contributed by atoms with Crippen LogP contribution in [0.3, 0.4) is 0 Å². The second-order valence-electron chi connectivity index (χ2n) is 5.04. The molecule has 0 saturated heterocycles. The Labute approximate surface area is 148 Å². The lowest BCUT2D eigenvalue weighted by Crippen LogP contribution is -2.21. The summed E-state index contributed by atoms with van der Waals surface area (Å²) in [7, 11) is 0. The molecular weight excluding hydrogens is 348 g/mol. The average molecular weight is 363 g/mol. The highest BCUT2D eigenvalue weighted by molar-refractivity contribution is 6.30. The van der Waals surface area contributed by atoms with E-state index in [9.17, 15) is 19.5 Å². The molecule has 8 heteroatoms. The highest BCUT2D eigenvalue weighted by Crippen LogP contribution is 2.22. The maximum Gasteiger partial charge on any atom is 0.342 e. The summed E-state index contributed by atoms with van der Waals surface area (Å²) in [6.45, 7) is 0.872. The molecule has 0 aliphatic carbocycles. The van der Waals surface area contributed by atoms with Crippen LogP contribution in [0.1, 0.15) is 17.3 Å². The molecule has 2 aromatic carbocycles. The van der Waals surface area contributed by atoms with Crippen molar-refractivity contribution in [1.29, 1.82) is 0 Å². The first-order chi connectivity index (χ1) is 11.8. The minimum atomic E-state index is -0.842. The number of carbonyl (C=O) groups excluding carboxylic acids is 3. The number of hydrogen-bond donors (Lipinski definition) is 3. The topological polar surface area (TPSA) is 105 Å². The van der Waals surface area contributed by atoms with Gasteiger partial charge in [0.25, 0.3) is 5.91 Å². The van der Waals surface area contributed by atoms with E-state index in [1.807, 2.05) is 0 Å². The molecule has 0 bridgehead atoms. The summed E-state index contributed by atoms with van der Waals surface area (Å²) >= 11 is 5.68. The monoisotopic (exact) mass is 362 g/mol. The number of nitrogens with one attached hydrogen (secondary N) is 2. The zero-order chi connectivity index (χ0) is 18.4. The lowest BCUT2D eigenvalue weighted by Gasteiger charge is -2.08. The van der Waals surface area contributed by atoms with Gasteiger partial charge in [-0.05, 0) is 42.5 Å². The molecule has 0 unspecified atom stereocenters. The van der Waals surface area contributed by atoms with Crippen molar-refractivity contribution in [3.05, 3.63) is 53.1 Å². The van der Waals surface area contributed by atoms with Gasteiger partial charge < -0.3 is 20.5 Å². The van der Waals surface area contributed by atoms with Crippen LogP contribution in [0, 0.1) is 0 Å². The molecule has 130 valence electrons. The Kier molecular flexibility index (Phi) is 5.97. The molecule has 0 aliphatic heterocycles. The molecule has 7 nitrogen and oxygen atoms in total. The number of amides is 2. The van der Waals surface area contributed by atoms with Gasteiger partial charge in [0.2, 0.25) is 5.91 Å². The van der Waals surface area contributed by atoms with Crippen molar-refractivity contribution in [2.24, 2.45) is 0 Å². The molecule has 0 radical (unpaired) electrons. The number of rotatable bonds is 5. The Balaban J connectivity index is 1.87. The van der Waals surface area contributed by atoms with Crippen LogP contribution in [-0.4, -0.2) is 29.5 Å². The number of halogens is 1. The molecule has 2 rings (SSSR count). The molecule has 2 aromatic rings. The van der Waals surface area contributed by atoms with E-state index in [4.69, 9.17) is 16.3 Å². The van der Waals surface area contributed by atoms with Crippen molar-refractivity contribution in [3.8, 4) is 5.75 Å². The van der Waals surface area contributed by atoms with Crippen LogP contribution >= 0.6 is 11.6 Å². The quantitative estimate of drug-likeness (QED) is 0.709. The van der Waals surface area contributed by atoms with Crippen molar-refractivity contribution >= 4 is 40.8 Å². The van der Waals surface area contributed by atoms with Crippen LogP contribution in [-0.2, 0) is 14.3 Å². The molecule has 2 amide bonds. The fourth-order valence-corrected chi connectivity index (χ4v) is 2.09. The molecule has 0 aliphatic rings. The van der Waals surface area contributed by atoms with Crippen LogP contribution in [0.5, 0.6) is 5.75 Å². The third-order valence-electron chi connectivity index (χ3n) is 3.00. The molecule has 25 heavy (non-hydrogen) atoms. The zero-order valence-corrected chi connectivity index (χ0v) is 14.0. The summed E-state index contributed by atoms with van der Waals surface area (Å²) in [5.74, 6) is -1.92. The Bertz CT molecular complexity index is 805. The number of phenolic OH excluding ortho intramolecular Hbond substituents is 1. The summed E-state index contributed by atoms with van der Waals surface area (Å²) in [6, 6.07) is 10.4. The van der Waals surface area contributed by atoms with E-state index < -0.39 is 18.5 Å². The Morgan fingerprint density at radius 1 is 1.04 bits per heavy atom. The first-order valence-electron chi connectivity index (χ1n) is 7.18. The predicted octanol–water partition coefficient (Wildman–Crippen LogP) is 2.80. The molecule has 0 heterocycles. The van der Waals surface area contributed by atoms with Crippen LogP contribution in [0.25, 0.3) is 0 Å². The number of aromatic hydroxyl groups is 1. The normalized spacial score (nSPS) is 10.0. The van der Waals surface area contributed by atoms with Crippen molar-refractivity contribution in [2.75, 3.05) is 17.2 Å². The maximum atomic E-state index is 11.8. The largest absolute Gasteiger partial charge is 0.507 e. The average Bonchev–Trinajstić information content (AvgIpc) is 2.54. The van der Waals surface area contributed by atoms with Crippen molar-refractivity contribution in [3.63, 3.8) is 0 Å². The van der Waals surface area contributed by atoms with Crippen LogP contribution in [0.15, 0.2) is 42.5 Å². The van der Waals surface area contributed by atoms with E-state index in [0.717, 1.165) is 0 Å². The summed E-state index contributed by atoms with van der Waals surface area (Å²) in [5.41, 5.74) is 0.983. The number of carbonyl (C=O) groups is 3. The SMILES string of the molecule is CC(=O)Nc1ccc(NC(=O)COC(=O)c2ccc(Cl)cc2O)cc1. The van der Waals surface area contributed by atoms with Crippen molar-refractivity contribution < 1.29 is 24.2 Å². The summed E-state index contributed by atoms with van der Waals surface area (Å²) in [6.07, 6.45) is 0. The first-order valence-corrected chi connectivity index (χ1v) is 7.56. The summed E-state index contributed by atoms with van der Waals surface area (Å²) < 4.78 is 4.85. The van der Waals surface area contributed by atoms with Crippen LogP contribution < -0.4 is 10.6 Å². The first kappa shape index (κ1) is 18.3. The molecule has 3 N–H and O–H groups in total. The van der Waals surface area contributed by atoms with E-state index in [1.54, 1.807) is 24.3 Å². The molecule has 0 saturated carbocycles. The smallest absolute Gasteiger partial charge is 0.342 e. The molecule has 0 spiro atoms. The van der Waals surface area contributed by atoms with Crippen molar-refractivity contribution in [2.45, 2.75) is 6.92 Å². The number of anilines is 2.